The van der Waals surface area contributed by atoms with Crippen molar-refractivity contribution < 1.29 is 9.21 Å². The zero-order valence-electron chi connectivity index (χ0n) is 15.0. The van der Waals surface area contributed by atoms with Gasteiger partial charge in [0, 0.05) is 23.7 Å². The van der Waals surface area contributed by atoms with Crippen molar-refractivity contribution in [2.45, 2.75) is 44.4 Å². The van der Waals surface area contributed by atoms with Gasteiger partial charge >= 0.3 is 0 Å². The first-order valence-corrected chi connectivity index (χ1v) is 9.83. The zero-order valence-corrected chi connectivity index (χ0v) is 15.0. The number of rotatable bonds is 4. The lowest BCUT2D eigenvalue weighted by atomic mass is 9.67. The Morgan fingerprint density at radius 1 is 1.19 bits per heavy atom. The molecule has 2 aromatic rings. The summed E-state index contributed by atoms with van der Waals surface area (Å²) < 4.78 is 5.86. The first-order valence-electron chi connectivity index (χ1n) is 9.83. The average Bonchev–Trinajstić information content (AvgIpc) is 3.23. The van der Waals surface area contributed by atoms with Crippen LogP contribution in [0.4, 0.5) is 5.69 Å². The number of carbonyl (C=O) groups excluding carboxylic acids is 1. The smallest absolute Gasteiger partial charge is 0.232 e. The van der Waals surface area contributed by atoms with Crippen molar-refractivity contribution in [3.8, 4) is 11.3 Å². The van der Waals surface area contributed by atoms with Crippen molar-refractivity contribution in [2.75, 3.05) is 18.4 Å². The molecule has 5 nitrogen and oxygen atoms in total. The predicted molar refractivity (Wildman–Crippen MR) is 99.8 cm³/mol. The van der Waals surface area contributed by atoms with Gasteiger partial charge in [0.05, 0.1) is 11.6 Å². The fraction of sp³-hybridized carbons (Fsp3) is 0.524. The van der Waals surface area contributed by atoms with Gasteiger partial charge in [0.25, 0.3) is 0 Å². The molecule has 2 aliphatic carbocycles. The Balaban J connectivity index is 1.30. The van der Waals surface area contributed by atoms with E-state index in [1.165, 1.54) is 19.3 Å². The third kappa shape index (κ3) is 2.75. The van der Waals surface area contributed by atoms with E-state index in [0.717, 1.165) is 55.3 Å². The molecule has 1 amide bonds. The van der Waals surface area contributed by atoms with Gasteiger partial charge in [-0.05, 0) is 62.4 Å². The van der Waals surface area contributed by atoms with E-state index in [9.17, 15) is 4.79 Å². The van der Waals surface area contributed by atoms with Crippen molar-refractivity contribution in [3.63, 3.8) is 0 Å². The van der Waals surface area contributed by atoms with Gasteiger partial charge in [0.15, 0.2) is 11.7 Å². The Labute approximate surface area is 153 Å². The highest BCUT2D eigenvalue weighted by Gasteiger charge is 2.49. The molecular weight excluding hydrogens is 326 g/mol. The molecule has 136 valence electrons. The van der Waals surface area contributed by atoms with Crippen LogP contribution in [-0.2, 0) is 4.79 Å². The predicted octanol–water partition coefficient (Wildman–Crippen LogP) is 3.94. The number of aromatic nitrogens is 1. The molecule has 2 heterocycles. The molecule has 0 unspecified atom stereocenters. The fourth-order valence-corrected chi connectivity index (χ4v) is 4.60. The number of carbonyl (C=O) groups is 1. The molecule has 2 atom stereocenters. The number of amides is 1. The molecule has 1 aromatic carbocycles. The molecule has 0 spiro atoms. The number of fused-ring (bicyclic) bond motifs is 1. The second-order valence-electron chi connectivity index (χ2n) is 8.10. The molecule has 26 heavy (non-hydrogen) atoms. The summed E-state index contributed by atoms with van der Waals surface area (Å²) in [5, 5.41) is 6.60. The number of hydrogen-bond donors (Lipinski definition) is 2. The molecule has 5 heteroatoms. The van der Waals surface area contributed by atoms with Crippen molar-refractivity contribution in [2.24, 2.45) is 11.3 Å². The standard InChI is InChI=1S/C21H25N3O2/c25-20(21-10-2-1-3-16(21)11-22-13-21)24-17-8-6-14(7-9-17)18-12-23-19(26-18)15-4-5-15/h6-9,12,15-16,22H,1-5,10-11,13H2,(H,24,25)/t16-,21+/m0/s1. The van der Waals surface area contributed by atoms with Gasteiger partial charge in [-0.25, -0.2) is 4.98 Å². The summed E-state index contributed by atoms with van der Waals surface area (Å²) in [7, 11) is 0. The van der Waals surface area contributed by atoms with Crippen LogP contribution in [0.25, 0.3) is 11.3 Å². The molecule has 0 bridgehead atoms. The zero-order chi connectivity index (χ0) is 17.6. The van der Waals surface area contributed by atoms with Crippen LogP contribution in [0.2, 0.25) is 0 Å². The van der Waals surface area contributed by atoms with Crippen LogP contribution < -0.4 is 10.6 Å². The van der Waals surface area contributed by atoms with Gasteiger partial charge in [-0.1, -0.05) is 12.8 Å². The van der Waals surface area contributed by atoms with E-state index in [-0.39, 0.29) is 11.3 Å². The summed E-state index contributed by atoms with van der Waals surface area (Å²) in [6, 6.07) is 7.91. The first-order chi connectivity index (χ1) is 12.7. The number of nitrogens with one attached hydrogen (secondary N) is 2. The highest BCUT2D eigenvalue weighted by Crippen LogP contribution is 2.44. The Morgan fingerprint density at radius 3 is 2.85 bits per heavy atom. The maximum atomic E-state index is 13.0. The lowest BCUT2D eigenvalue weighted by Crippen LogP contribution is -2.44. The normalized spacial score (nSPS) is 27.9. The van der Waals surface area contributed by atoms with Gasteiger partial charge in [0.2, 0.25) is 5.91 Å². The van der Waals surface area contributed by atoms with Crippen LogP contribution in [0.3, 0.4) is 0 Å². The molecule has 1 aromatic heterocycles. The minimum Gasteiger partial charge on any atom is -0.440 e. The van der Waals surface area contributed by atoms with Crippen molar-refractivity contribution in [3.05, 3.63) is 36.4 Å². The lowest BCUT2D eigenvalue weighted by molar-refractivity contribution is -0.128. The van der Waals surface area contributed by atoms with E-state index in [4.69, 9.17) is 4.42 Å². The number of oxazole rings is 1. The molecule has 5 rings (SSSR count). The Hall–Kier alpha value is -2.14. The first kappa shape index (κ1) is 16.1. The summed E-state index contributed by atoms with van der Waals surface area (Å²) >= 11 is 0. The molecule has 3 fully saturated rings. The van der Waals surface area contributed by atoms with Crippen LogP contribution in [0.1, 0.15) is 50.3 Å². The fourth-order valence-electron chi connectivity index (χ4n) is 4.60. The van der Waals surface area contributed by atoms with Gasteiger partial charge in [-0.15, -0.1) is 0 Å². The van der Waals surface area contributed by atoms with E-state index in [1.54, 1.807) is 6.20 Å². The number of nitrogens with zero attached hydrogens (tertiary/aromatic N) is 1. The second kappa shape index (κ2) is 6.23. The van der Waals surface area contributed by atoms with Gasteiger partial charge in [-0.3, -0.25) is 4.79 Å². The maximum absolute atomic E-state index is 13.0. The summed E-state index contributed by atoms with van der Waals surface area (Å²) in [6.45, 7) is 1.78. The number of benzene rings is 1. The van der Waals surface area contributed by atoms with Crippen molar-refractivity contribution in [1.82, 2.24) is 10.3 Å². The van der Waals surface area contributed by atoms with Crippen LogP contribution in [0.5, 0.6) is 0 Å². The van der Waals surface area contributed by atoms with Gasteiger partial charge < -0.3 is 15.1 Å². The number of anilines is 1. The minimum absolute atomic E-state index is 0.177. The highest BCUT2D eigenvalue weighted by atomic mass is 16.4. The van der Waals surface area contributed by atoms with E-state index < -0.39 is 0 Å². The summed E-state index contributed by atoms with van der Waals surface area (Å²) in [5.74, 6) is 2.83. The van der Waals surface area contributed by atoms with Gasteiger partial charge in [-0.2, -0.15) is 0 Å². The summed E-state index contributed by atoms with van der Waals surface area (Å²) in [6.07, 6.45) is 8.72. The third-order valence-corrected chi connectivity index (χ3v) is 6.37. The monoisotopic (exact) mass is 351 g/mol. The van der Waals surface area contributed by atoms with Crippen molar-refractivity contribution in [1.29, 1.82) is 0 Å². The molecular formula is C21H25N3O2. The quantitative estimate of drug-likeness (QED) is 0.876. The molecule has 1 aliphatic heterocycles. The molecule has 0 radical (unpaired) electrons. The Kier molecular flexibility index (Phi) is 3.85. The summed E-state index contributed by atoms with van der Waals surface area (Å²) in [4.78, 5) is 17.4. The summed E-state index contributed by atoms with van der Waals surface area (Å²) in [5.41, 5.74) is 1.63. The van der Waals surface area contributed by atoms with Crippen LogP contribution in [0.15, 0.2) is 34.9 Å². The van der Waals surface area contributed by atoms with Crippen LogP contribution in [0, 0.1) is 11.3 Å². The molecule has 3 aliphatic rings. The Morgan fingerprint density at radius 2 is 2.04 bits per heavy atom. The minimum atomic E-state index is -0.221. The average molecular weight is 351 g/mol. The molecule has 1 saturated heterocycles. The SMILES string of the molecule is O=C(Nc1ccc(-c2cnc(C3CC3)o2)cc1)[C@@]12CCCC[C@H]1CNC2. The Bertz CT molecular complexity index is 809. The maximum Gasteiger partial charge on any atom is 0.232 e. The largest absolute Gasteiger partial charge is 0.440 e. The van der Waals surface area contributed by atoms with E-state index >= 15 is 0 Å². The van der Waals surface area contributed by atoms with Crippen LogP contribution >= 0.6 is 0 Å². The second-order valence-corrected chi connectivity index (χ2v) is 8.10. The molecule has 2 saturated carbocycles. The van der Waals surface area contributed by atoms with E-state index in [2.05, 4.69) is 15.6 Å². The highest BCUT2D eigenvalue weighted by molar-refractivity contribution is 5.96. The number of hydrogen-bond acceptors (Lipinski definition) is 4. The van der Waals surface area contributed by atoms with Crippen molar-refractivity contribution >= 4 is 11.6 Å². The van der Waals surface area contributed by atoms with E-state index in [0.29, 0.717) is 11.8 Å². The third-order valence-electron chi connectivity index (χ3n) is 6.37. The lowest BCUT2D eigenvalue weighted by Gasteiger charge is -2.37. The topological polar surface area (TPSA) is 67.2 Å². The van der Waals surface area contributed by atoms with E-state index in [1.807, 2.05) is 24.3 Å². The molecule has 2 N–H and O–H groups in total. The van der Waals surface area contributed by atoms with Crippen LogP contribution in [-0.4, -0.2) is 24.0 Å². The van der Waals surface area contributed by atoms with Gasteiger partial charge in [0.1, 0.15) is 0 Å².